The van der Waals surface area contributed by atoms with E-state index in [1.54, 1.807) is 0 Å². The van der Waals surface area contributed by atoms with Crippen LogP contribution in [0.4, 0.5) is 0 Å². The molecule has 0 aliphatic heterocycles. The number of hydrogen-bond donors (Lipinski definition) is 2. The topological polar surface area (TPSA) is 24.1 Å². The van der Waals surface area contributed by atoms with Crippen molar-refractivity contribution in [2.24, 2.45) is 0 Å². The zero-order valence-corrected chi connectivity index (χ0v) is 10.9. The van der Waals surface area contributed by atoms with Crippen LogP contribution in [0.25, 0.3) is 0 Å². The second kappa shape index (κ2) is 8.82. The minimum Gasteiger partial charge on any atom is -0.313 e. The molecule has 0 aromatic heterocycles. The van der Waals surface area contributed by atoms with E-state index in [2.05, 4.69) is 41.0 Å². The molecule has 0 atom stereocenters. The summed E-state index contributed by atoms with van der Waals surface area (Å²) in [4.78, 5) is 0. The van der Waals surface area contributed by atoms with Crippen LogP contribution in [0.3, 0.4) is 0 Å². The smallest absolute Gasteiger partial charge is 0.0206 e. The quantitative estimate of drug-likeness (QED) is 0.770. The van der Waals surface area contributed by atoms with Crippen LogP contribution in [0.1, 0.15) is 18.4 Å². The molecule has 1 saturated carbocycles. The van der Waals surface area contributed by atoms with Crippen LogP contribution in [0.15, 0.2) is 30.3 Å². The summed E-state index contributed by atoms with van der Waals surface area (Å²) < 4.78 is 0. The molecule has 1 aromatic rings. The second-order valence-electron chi connectivity index (χ2n) is 3.89. The number of halogens is 2. The van der Waals surface area contributed by atoms with Gasteiger partial charge in [0.15, 0.2) is 0 Å². The van der Waals surface area contributed by atoms with Gasteiger partial charge in [0.25, 0.3) is 0 Å². The summed E-state index contributed by atoms with van der Waals surface area (Å²) in [5.41, 5.74) is 1.36. The highest BCUT2D eigenvalue weighted by Gasteiger charge is 2.19. The van der Waals surface area contributed by atoms with Crippen molar-refractivity contribution >= 4 is 24.8 Å². The maximum atomic E-state index is 3.48. The summed E-state index contributed by atoms with van der Waals surface area (Å²) in [6.07, 6.45) is 2.75. The maximum Gasteiger partial charge on any atom is 0.0206 e. The van der Waals surface area contributed by atoms with Gasteiger partial charge < -0.3 is 10.6 Å². The van der Waals surface area contributed by atoms with Crippen LogP contribution in [-0.4, -0.2) is 19.1 Å². The fourth-order valence-electron chi connectivity index (χ4n) is 1.48. The van der Waals surface area contributed by atoms with E-state index in [1.165, 1.54) is 18.4 Å². The van der Waals surface area contributed by atoms with E-state index in [1.807, 2.05) is 0 Å². The minimum absolute atomic E-state index is 0. The van der Waals surface area contributed by atoms with Gasteiger partial charge in [-0.2, -0.15) is 0 Å². The predicted molar refractivity (Wildman–Crippen MR) is 73.7 cm³/mol. The Balaban J connectivity index is 0.00000112. The molecular weight excluding hydrogens is 243 g/mol. The minimum atomic E-state index is 0. The number of hydrogen-bond acceptors (Lipinski definition) is 2. The van der Waals surface area contributed by atoms with E-state index in [0.29, 0.717) is 0 Å². The molecule has 2 nitrogen and oxygen atoms in total. The predicted octanol–water partition coefficient (Wildman–Crippen LogP) is 2.37. The molecule has 0 radical (unpaired) electrons. The van der Waals surface area contributed by atoms with Crippen LogP contribution >= 0.6 is 24.8 Å². The summed E-state index contributed by atoms with van der Waals surface area (Å²) in [5.74, 6) is 0. The van der Waals surface area contributed by atoms with Gasteiger partial charge in [-0.3, -0.25) is 0 Å². The molecule has 2 N–H and O–H groups in total. The molecule has 1 aliphatic carbocycles. The average molecular weight is 263 g/mol. The zero-order valence-electron chi connectivity index (χ0n) is 9.32. The highest BCUT2D eigenvalue weighted by atomic mass is 35.5. The van der Waals surface area contributed by atoms with E-state index in [0.717, 1.165) is 25.7 Å². The van der Waals surface area contributed by atoms with Gasteiger partial charge in [-0.1, -0.05) is 30.3 Å². The zero-order chi connectivity index (χ0) is 9.64. The largest absolute Gasteiger partial charge is 0.313 e. The van der Waals surface area contributed by atoms with E-state index in [-0.39, 0.29) is 24.8 Å². The number of benzene rings is 1. The van der Waals surface area contributed by atoms with Crippen LogP contribution in [0, 0.1) is 0 Å². The summed E-state index contributed by atoms with van der Waals surface area (Å²) in [7, 11) is 0. The third-order valence-electron chi connectivity index (χ3n) is 2.48. The first-order chi connectivity index (χ1) is 6.95. The van der Waals surface area contributed by atoms with E-state index < -0.39 is 0 Å². The molecule has 0 unspecified atom stereocenters. The Hall–Kier alpha value is -0.280. The first-order valence-corrected chi connectivity index (χ1v) is 5.43. The number of rotatable bonds is 6. The van der Waals surface area contributed by atoms with Crippen molar-refractivity contribution in [2.45, 2.75) is 25.4 Å². The van der Waals surface area contributed by atoms with Crippen molar-refractivity contribution in [1.29, 1.82) is 0 Å². The molecule has 0 spiro atoms. The Morgan fingerprint density at radius 1 is 1.00 bits per heavy atom. The molecular formula is C12H20Cl2N2. The molecule has 1 aliphatic rings. The third-order valence-corrected chi connectivity index (χ3v) is 2.48. The molecule has 4 heteroatoms. The highest BCUT2D eigenvalue weighted by molar-refractivity contribution is 5.85. The van der Waals surface area contributed by atoms with Crippen molar-refractivity contribution in [2.75, 3.05) is 13.1 Å². The van der Waals surface area contributed by atoms with Crippen LogP contribution in [-0.2, 0) is 6.54 Å². The number of nitrogens with one attached hydrogen (secondary N) is 2. The van der Waals surface area contributed by atoms with Gasteiger partial charge in [-0.25, -0.2) is 0 Å². The molecule has 1 aromatic carbocycles. The Bertz CT molecular complexity index is 263. The summed E-state index contributed by atoms with van der Waals surface area (Å²) in [6.45, 7) is 3.14. The summed E-state index contributed by atoms with van der Waals surface area (Å²) >= 11 is 0. The third kappa shape index (κ3) is 6.33. The fourth-order valence-corrected chi connectivity index (χ4v) is 1.48. The molecule has 2 rings (SSSR count). The van der Waals surface area contributed by atoms with Crippen molar-refractivity contribution in [3.05, 3.63) is 35.9 Å². The molecule has 92 valence electrons. The molecule has 16 heavy (non-hydrogen) atoms. The van der Waals surface area contributed by atoms with Crippen molar-refractivity contribution in [1.82, 2.24) is 10.6 Å². The normalized spacial score (nSPS) is 13.8. The molecule has 1 fully saturated rings. The van der Waals surface area contributed by atoms with Gasteiger partial charge >= 0.3 is 0 Å². The Morgan fingerprint density at radius 2 is 1.69 bits per heavy atom. The summed E-state index contributed by atoms with van der Waals surface area (Å²) in [6, 6.07) is 11.4. The van der Waals surface area contributed by atoms with Gasteiger partial charge in [-0.05, 0) is 18.4 Å². The SMILES string of the molecule is Cl.Cl.c1ccc(CNCCNC2CC2)cc1. The van der Waals surface area contributed by atoms with E-state index in [9.17, 15) is 0 Å². The lowest BCUT2D eigenvalue weighted by atomic mass is 10.2. The molecule has 0 amide bonds. The van der Waals surface area contributed by atoms with Crippen molar-refractivity contribution in [3.8, 4) is 0 Å². The van der Waals surface area contributed by atoms with Crippen molar-refractivity contribution in [3.63, 3.8) is 0 Å². The van der Waals surface area contributed by atoms with Crippen LogP contribution in [0.5, 0.6) is 0 Å². The lowest BCUT2D eigenvalue weighted by molar-refractivity contribution is 0.608. The van der Waals surface area contributed by atoms with Gasteiger partial charge in [0.1, 0.15) is 0 Å². The van der Waals surface area contributed by atoms with Gasteiger partial charge in [0, 0.05) is 25.7 Å². The monoisotopic (exact) mass is 262 g/mol. The Morgan fingerprint density at radius 3 is 2.31 bits per heavy atom. The maximum absolute atomic E-state index is 3.48. The first kappa shape index (κ1) is 15.7. The van der Waals surface area contributed by atoms with Gasteiger partial charge in [0.05, 0.1) is 0 Å². The molecule has 0 saturated heterocycles. The molecule has 0 bridgehead atoms. The van der Waals surface area contributed by atoms with Gasteiger partial charge in [0.2, 0.25) is 0 Å². The summed E-state index contributed by atoms with van der Waals surface area (Å²) in [5, 5.41) is 6.90. The second-order valence-corrected chi connectivity index (χ2v) is 3.89. The Kier molecular flexibility index (Phi) is 8.67. The molecule has 0 heterocycles. The van der Waals surface area contributed by atoms with Crippen LogP contribution < -0.4 is 10.6 Å². The lowest BCUT2D eigenvalue weighted by Crippen LogP contribution is -2.28. The van der Waals surface area contributed by atoms with Gasteiger partial charge in [-0.15, -0.1) is 24.8 Å². The lowest BCUT2D eigenvalue weighted by Gasteiger charge is -2.05. The fraction of sp³-hybridized carbons (Fsp3) is 0.500. The first-order valence-electron chi connectivity index (χ1n) is 5.43. The highest BCUT2D eigenvalue weighted by Crippen LogP contribution is 2.17. The van der Waals surface area contributed by atoms with E-state index in [4.69, 9.17) is 0 Å². The van der Waals surface area contributed by atoms with E-state index >= 15 is 0 Å². The average Bonchev–Trinajstić information content (AvgIpc) is 3.03. The van der Waals surface area contributed by atoms with Crippen molar-refractivity contribution < 1.29 is 0 Å². The van der Waals surface area contributed by atoms with Crippen LogP contribution in [0.2, 0.25) is 0 Å². The Labute approximate surface area is 110 Å². The standard InChI is InChI=1S/C12H18N2.2ClH/c1-2-4-11(5-3-1)10-13-8-9-14-12-6-7-12;;/h1-5,12-14H,6-10H2;2*1H.